The number of carbonyl (C=O) groups excluding carboxylic acids is 2. The van der Waals surface area contributed by atoms with Crippen molar-refractivity contribution >= 4 is 25.7 Å². The molecule has 0 amide bonds. The van der Waals surface area contributed by atoms with Crippen LogP contribution in [0.1, 0.15) is 142 Å². The molecule has 61 heavy (non-hydrogen) atoms. The predicted octanol–water partition coefficient (Wildman–Crippen LogP) is 11.0. The van der Waals surface area contributed by atoms with Gasteiger partial charge in [-0.1, -0.05) is 143 Å². The lowest BCUT2D eigenvalue weighted by atomic mass is 10.1. The molecule has 0 spiro atoms. The Morgan fingerprint density at radius 2 is 1.10 bits per heavy atom. The number of nitrogens with two attached hydrogens (primary N) is 1. The smallest absolute Gasteiger partial charge is 0.472 e. The van der Waals surface area contributed by atoms with E-state index in [0.717, 1.165) is 44.9 Å². The third-order valence-corrected chi connectivity index (χ3v) is 10.2. The molecule has 4 N–H and O–H groups in total. The summed E-state index contributed by atoms with van der Waals surface area (Å²) in [6, 6.07) is -1.55. The first-order chi connectivity index (χ1) is 29.6. The highest BCUT2D eigenvalue weighted by atomic mass is 31.2. The zero-order valence-corrected chi connectivity index (χ0v) is 37.8. The van der Waals surface area contributed by atoms with Crippen molar-refractivity contribution in [3.63, 3.8) is 0 Å². The Balaban J connectivity index is 2.38. The number of carboxylic acid groups (broad SMARTS) is 1. The van der Waals surface area contributed by atoms with Crippen molar-refractivity contribution in [3.8, 4) is 0 Å². The minimum absolute atomic E-state index is 0.0179. The van der Waals surface area contributed by atoms with E-state index in [2.05, 4.69) is 85.2 Å². The standard InChI is InChI=1S/C48H76NO11P/c1-3-5-7-8-9-10-11-12-13-14-15-16-17-18-19-24-27-30-34-38-47(51)59-42(40-57-61(54,55)58-41-43(49)48(52)53)39-56-46(50)37-33-29-26-23-21-20-22-25-28-32-36-45-44(60-45)35-31-6-4-2/h9-10,12-13,15-16,18-20,22-23,26-28,30,32,42-45H,3-8,11,14,17,21,24-25,29,31,33-41,49H2,1-2H3,(H,52,53)(H,54,55)/b10-9-,13-12-,16-15-,19-18-,22-20-,26-23-,30-27-,32-28-/t42-,43+,44?,45?/m1/s1. The van der Waals surface area contributed by atoms with Crippen LogP contribution in [0.5, 0.6) is 0 Å². The zero-order chi connectivity index (χ0) is 44.7. The van der Waals surface area contributed by atoms with Crippen LogP contribution in [0.4, 0.5) is 0 Å². The van der Waals surface area contributed by atoms with Gasteiger partial charge in [-0.05, 0) is 83.5 Å². The lowest BCUT2D eigenvalue weighted by molar-refractivity contribution is -0.161. The third kappa shape index (κ3) is 35.6. The van der Waals surface area contributed by atoms with E-state index in [-0.39, 0.29) is 12.8 Å². The maximum absolute atomic E-state index is 12.6. The minimum atomic E-state index is -4.76. The van der Waals surface area contributed by atoms with Crippen LogP contribution in [-0.2, 0) is 42.2 Å². The molecule has 0 radical (unpaired) electrons. The molecule has 1 fully saturated rings. The quantitative estimate of drug-likeness (QED) is 0.0175. The van der Waals surface area contributed by atoms with E-state index in [1.807, 2.05) is 30.4 Å². The number of esters is 2. The number of hydrogen-bond donors (Lipinski definition) is 3. The van der Waals surface area contributed by atoms with E-state index in [1.165, 1.54) is 44.9 Å². The van der Waals surface area contributed by atoms with Crippen molar-refractivity contribution in [1.82, 2.24) is 0 Å². The summed E-state index contributed by atoms with van der Waals surface area (Å²) in [5, 5.41) is 8.89. The van der Waals surface area contributed by atoms with Gasteiger partial charge in [-0.3, -0.25) is 23.4 Å². The minimum Gasteiger partial charge on any atom is -0.480 e. The Morgan fingerprint density at radius 3 is 1.66 bits per heavy atom. The summed E-state index contributed by atoms with van der Waals surface area (Å²) in [5.41, 5.74) is 5.33. The molecule has 1 heterocycles. The average Bonchev–Trinajstić information content (AvgIpc) is 3.99. The summed E-state index contributed by atoms with van der Waals surface area (Å²) < 4.78 is 38.3. The Bertz CT molecular complexity index is 1460. The van der Waals surface area contributed by atoms with Crippen LogP contribution in [0.25, 0.3) is 0 Å². The van der Waals surface area contributed by atoms with Crippen LogP contribution in [0.15, 0.2) is 97.2 Å². The van der Waals surface area contributed by atoms with E-state index < -0.39 is 57.7 Å². The molecule has 0 bridgehead atoms. The normalized spacial score (nSPS) is 17.9. The first kappa shape index (κ1) is 55.4. The number of unbranched alkanes of at least 4 members (excludes halogenated alkanes) is 6. The Morgan fingerprint density at radius 1 is 0.607 bits per heavy atom. The Labute approximate surface area is 366 Å². The molecule has 0 saturated carbocycles. The highest BCUT2D eigenvalue weighted by Gasteiger charge is 2.36. The van der Waals surface area contributed by atoms with Crippen LogP contribution >= 0.6 is 7.82 Å². The van der Waals surface area contributed by atoms with Crippen molar-refractivity contribution < 1.29 is 52.2 Å². The molecule has 0 aromatic rings. The van der Waals surface area contributed by atoms with Gasteiger partial charge >= 0.3 is 25.7 Å². The number of allylic oxidation sites excluding steroid dienone is 15. The topological polar surface area (TPSA) is 184 Å². The van der Waals surface area contributed by atoms with E-state index in [1.54, 1.807) is 0 Å². The molecule has 1 aliphatic rings. The first-order valence-corrected chi connectivity index (χ1v) is 23.9. The molecule has 1 saturated heterocycles. The summed E-state index contributed by atoms with van der Waals surface area (Å²) in [6.45, 7) is 2.59. The van der Waals surface area contributed by atoms with Crippen LogP contribution in [0, 0.1) is 0 Å². The molecule has 0 aliphatic carbocycles. The lowest BCUT2D eigenvalue weighted by Gasteiger charge is -2.20. The van der Waals surface area contributed by atoms with Crippen molar-refractivity contribution in [2.24, 2.45) is 5.73 Å². The van der Waals surface area contributed by atoms with Gasteiger partial charge in [-0.25, -0.2) is 4.57 Å². The fourth-order valence-electron chi connectivity index (χ4n) is 5.60. The highest BCUT2D eigenvalue weighted by Crippen LogP contribution is 2.43. The number of rotatable bonds is 39. The van der Waals surface area contributed by atoms with Crippen molar-refractivity contribution in [2.75, 3.05) is 19.8 Å². The second kappa shape index (κ2) is 38.1. The lowest BCUT2D eigenvalue weighted by Crippen LogP contribution is -2.34. The molecular weight excluding hydrogens is 797 g/mol. The Hall–Kier alpha value is -3.64. The largest absolute Gasteiger partial charge is 0.480 e. The summed E-state index contributed by atoms with van der Waals surface area (Å²) in [4.78, 5) is 46.0. The second-order valence-corrected chi connectivity index (χ2v) is 16.3. The van der Waals surface area contributed by atoms with Gasteiger partial charge in [0, 0.05) is 12.8 Å². The number of ether oxygens (including phenoxy) is 3. The van der Waals surface area contributed by atoms with Gasteiger partial charge < -0.3 is 29.9 Å². The van der Waals surface area contributed by atoms with Gasteiger partial charge in [-0.2, -0.15) is 0 Å². The molecule has 0 aromatic carbocycles. The van der Waals surface area contributed by atoms with Crippen molar-refractivity contribution in [3.05, 3.63) is 97.2 Å². The molecular formula is C48H76NO11P. The number of carboxylic acids is 1. The van der Waals surface area contributed by atoms with Gasteiger partial charge in [0.1, 0.15) is 12.6 Å². The number of hydrogen-bond acceptors (Lipinski definition) is 10. The maximum atomic E-state index is 12.6. The molecule has 0 aromatic heterocycles. The number of phosphoric ester groups is 1. The van der Waals surface area contributed by atoms with Gasteiger partial charge in [0.15, 0.2) is 6.10 Å². The number of aliphatic carboxylic acids is 1. The summed E-state index contributed by atoms with van der Waals surface area (Å²) in [7, 11) is -4.76. The van der Waals surface area contributed by atoms with Gasteiger partial charge in [-0.15, -0.1) is 0 Å². The first-order valence-electron chi connectivity index (χ1n) is 22.4. The maximum Gasteiger partial charge on any atom is 0.472 e. The summed E-state index contributed by atoms with van der Waals surface area (Å²) in [5.74, 6) is -2.58. The predicted molar refractivity (Wildman–Crippen MR) is 244 cm³/mol. The van der Waals surface area contributed by atoms with Gasteiger partial charge in [0.25, 0.3) is 0 Å². The molecule has 13 heteroatoms. The summed E-state index contributed by atoms with van der Waals surface area (Å²) >= 11 is 0. The van der Waals surface area contributed by atoms with Crippen molar-refractivity contribution in [1.29, 1.82) is 0 Å². The SMILES string of the molecule is CCCCC/C=C\C/C=C\C/C=C\C/C=C\C/C=C\CCC(=O)O[C@H](COC(=O)CCC/C=C\C/C=C\C/C=C\CC1OC1CCCCC)COP(=O)(O)OC[C@H](N)C(=O)O. The van der Waals surface area contributed by atoms with Crippen LogP contribution in [-0.4, -0.2) is 72.1 Å². The van der Waals surface area contributed by atoms with Crippen LogP contribution < -0.4 is 5.73 Å². The molecule has 1 rings (SSSR count). The molecule has 344 valence electrons. The Kier molecular flexibility index (Phi) is 34.6. The molecule has 12 nitrogen and oxygen atoms in total. The van der Waals surface area contributed by atoms with E-state index >= 15 is 0 Å². The van der Waals surface area contributed by atoms with E-state index in [9.17, 15) is 23.8 Å². The molecule has 1 aliphatic heterocycles. The fourth-order valence-corrected chi connectivity index (χ4v) is 6.38. The average molecular weight is 874 g/mol. The van der Waals surface area contributed by atoms with Gasteiger partial charge in [0.2, 0.25) is 0 Å². The van der Waals surface area contributed by atoms with Gasteiger partial charge in [0.05, 0.1) is 25.4 Å². The number of epoxide rings is 1. The molecule has 5 atom stereocenters. The highest BCUT2D eigenvalue weighted by molar-refractivity contribution is 7.47. The second-order valence-electron chi connectivity index (χ2n) is 14.9. The summed E-state index contributed by atoms with van der Waals surface area (Å²) in [6.07, 6.45) is 51.0. The van der Waals surface area contributed by atoms with E-state index in [4.69, 9.17) is 29.6 Å². The van der Waals surface area contributed by atoms with Crippen LogP contribution in [0.2, 0.25) is 0 Å². The molecule has 3 unspecified atom stereocenters. The fraction of sp³-hybridized carbons (Fsp3) is 0.604. The monoisotopic (exact) mass is 874 g/mol. The van der Waals surface area contributed by atoms with E-state index in [0.29, 0.717) is 37.9 Å². The van der Waals surface area contributed by atoms with Crippen molar-refractivity contribution in [2.45, 2.75) is 167 Å². The number of phosphoric acid groups is 1. The third-order valence-electron chi connectivity index (χ3n) is 9.24. The number of carbonyl (C=O) groups is 3. The van der Waals surface area contributed by atoms with Crippen LogP contribution in [0.3, 0.4) is 0 Å². The zero-order valence-electron chi connectivity index (χ0n) is 36.9.